The summed E-state index contributed by atoms with van der Waals surface area (Å²) in [6.45, 7) is 2.44. The average Bonchev–Trinajstić information content (AvgIpc) is 3.05. The molecular formula is C16H16N6OS. The second-order valence-electron chi connectivity index (χ2n) is 4.92. The Hall–Kier alpha value is -3.00. The monoisotopic (exact) mass is 340 g/mol. The molecule has 0 saturated carbocycles. The number of rotatable bonds is 4. The maximum absolute atomic E-state index is 11.6. The number of nitrogens with two attached hydrogens (primary N) is 1. The van der Waals surface area contributed by atoms with Crippen molar-refractivity contribution in [3.05, 3.63) is 42.2 Å². The molecule has 3 rings (SSSR count). The van der Waals surface area contributed by atoms with E-state index in [0.29, 0.717) is 23.6 Å². The molecule has 2 heterocycles. The van der Waals surface area contributed by atoms with Gasteiger partial charge in [0.05, 0.1) is 11.3 Å². The minimum atomic E-state index is -0.233. The summed E-state index contributed by atoms with van der Waals surface area (Å²) in [5, 5.41) is 8.17. The Bertz CT molecular complexity index is 863. The van der Waals surface area contributed by atoms with Crippen LogP contribution >= 0.6 is 11.3 Å². The lowest BCUT2D eigenvalue weighted by atomic mass is 10.1. The summed E-state index contributed by atoms with van der Waals surface area (Å²) in [6, 6.07) is 7.28. The van der Waals surface area contributed by atoms with Gasteiger partial charge in [0.1, 0.15) is 17.2 Å². The van der Waals surface area contributed by atoms with Crippen LogP contribution in [-0.2, 0) is 0 Å². The van der Waals surface area contributed by atoms with E-state index in [0.717, 1.165) is 16.3 Å². The number of thiazole rings is 1. The lowest BCUT2D eigenvalue weighted by Crippen LogP contribution is -2.28. The molecule has 0 aliphatic heterocycles. The van der Waals surface area contributed by atoms with E-state index in [1.54, 1.807) is 6.20 Å². The normalized spacial score (nSPS) is 10.4. The van der Waals surface area contributed by atoms with Crippen LogP contribution in [0.25, 0.3) is 21.8 Å². The smallest absolute Gasteiger partial charge is 0.319 e. The molecule has 0 fully saturated rings. The predicted molar refractivity (Wildman–Crippen MR) is 95.7 cm³/mol. The first kappa shape index (κ1) is 15.9. The zero-order valence-electron chi connectivity index (χ0n) is 13.0. The number of urea groups is 1. The van der Waals surface area contributed by atoms with Crippen LogP contribution in [0.5, 0.6) is 0 Å². The molecule has 1 aromatic carbocycles. The van der Waals surface area contributed by atoms with Gasteiger partial charge in [-0.25, -0.2) is 19.7 Å². The highest BCUT2D eigenvalue weighted by atomic mass is 32.1. The van der Waals surface area contributed by atoms with Crippen molar-refractivity contribution in [2.75, 3.05) is 17.6 Å². The minimum Gasteiger partial charge on any atom is -0.383 e. The van der Waals surface area contributed by atoms with E-state index < -0.39 is 0 Å². The molecule has 0 unspecified atom stereocenters. The molecule has 2 amide bonds. The Balaban J connectivity index is 1.85. The van der Waals surface area contributed by atoms with Gasteiger partial charge in [-0.3, -0.25) is 0 Å². The van der Waals surface area contributed by atoms with Crippen LogP contribution in [-0.4, -0.2) is 27.5 Å². The molecule has 24 heavy (non-hydrogen) atoms. The number of carbonyl (C=O) groups excluding carboxylic acids is 1. The van der Waals surface area contributed by atoms with Gasteiger partial charge in [-0.2, -0.15) is 0 Å². The number of hydrogen-bond donors (Lipinski definition) is 3. The first-order chi connectivity index (χ1) is 11.7. The summed E-state index contributed by atoms with van der Waals surface area (Å²) < 4.78 is 0. The van der Waals surface area contributed by atoms with Gasteiger partial charge in [0, 0.05) is 29.4 Å². The van der Waals surface area contributed by atoms with Crippen LogP contribution in [0.4, 0.5) is 16.3 Å². The van der Waals surface area contributed by atoms with E-state index in [9.17, 15) is 4.79 Å². The molecule has 2 aromatic heterocycles. The molecule has 0 spiro atoms. The van der Waals surface area contributed by atoms with Crippen LogP contribution in [0.2, 0.25) is 0 Å². The van der Waals surface area contributed by atoms with Crippen molar-refractivity contribution in [3.63, 3.8) is 0 Å². The van der Waals surface area contributed by atoms with Crippen molar-refractivity contribution in [1.82, 2.24) is 20.3 Å². The highest BCUT2D eigenvalue weighted by Crippen LogP contribution is 2.31. The van der Waals surface area contributed by atoms with Crippen LogP contribution in [0, 0.1) is 0 Å². The fraction of sp³-hybridized carbons (Fsp3) is 0.125. The minimum absolute atomic E-state index is 0.233. The molecular weight excluding hydrogens is 324 g/mol. The summed E-state index contributed by atoms with van der Waals surface area (Å²) in [5.74, 6) is 0.401. The first-order valence-electron chi connectivity index (χ1n) is 7.34. The zero-order valence-corrected chi connectivity index (χ0v) is 13.8. The van der Waals surface area contributed by atoms with Crippen molar-refractivity contribution >= 4 is 28.9 Å². The highest BCUT2D eigenvalue weighted by molar-refractivity contribution is 7.13. The number of nitrogen functional groups attached to an aromatic ring is 1. The molecule has 0 bridgehead atoms. The van der Waals surface area contributed by atoms with Gasteiger partial charge >= 0.3 is 6.03 Å². The number of benzene rings is 1. The number of amides is 2. The Morgan fingerprint density at radius 2 is 2.25 bits per heavy atom. The molecule has 0 atom stereocenters. The number of hydrogen-bond acceptors (Lipinski definition) is 6. The van der Waals surface area contributed by atoms with Gasteiger partial charge in [0.25, 0.3) is 0 Å². The SMILES string of the molecule is CCNC(=O)Nc1cccc(-c2csc(-c3cncnc3N)n2)c1. The average molecular weight is 340 g/mol. The molecule has 122 valence electrons. The summed E-state index contributed by atoms with van der Waals surface area (Å²) in [4.78, 5) is 24.2. The molecule has 7 nitrogen and oxygen atoms in total. The van der Waals surface area contributed by atoms with E-state index >= 15 is 0 Å². The summed E-state index contributed by atoms with van der Waals surface area (Å²) in [7, 11) is 0. The van der Waals surface area contributed by atoms with Gasteiger partial charge in [-0.05, 0) is 19.1 Å². The summed E-state index contributed by atoms with van der Waals surface area (Å²) >= 11 is 1.47. The van der Waals surface area contributed by atoms with Crippen molar-refractivity contribution in [1.29, 1.82) is 0 Å². The Morgan fingerprint density at radius 1 is 1.38 bits per heavy atom. The Kier molecular flexibility index (Phi) is 4.66. The maximum Gasteiger partial charge on any atom is 0.319 e. The van der Waals surface area contributed by atoms with Crippen LogP contribution in [0.3, 0.4) is 0 Å². The van der Waals surface area contributed by atoms with Crippen molar-refractivity contribution in [3.8, 4) is 21.8 Å². The standard InChI is InChI=1S/C16H16N6OS/c1-2-19-16(23)21-11-5-3-4-10(6-11)13-8-24-15(22-13)12-7-18-9-20-14(12)17/h3-9H,2H2,1H3,(H2,17,18,20)(H2,19,21,23). The summed E-state index contributed by atoms with van der Waals surface area (Å²) in [6.07, 6.45) is 3.06. The third-order valence-electron chi connectivity index (χ3n) is 3.23. The van der Waals surface area contributed by atoms with Crippen molar-refractivity contribution < 1.29 is 4.79 Å². The lowest BCUT2D eigenvalue weighted by molar-refractivity contribution is 0.252. The van der Waals surface area contributed by atoms with Crippen molar-refractivity contribution in [2.24, 2.45) is 0 Å². The fourth-order valence-corrected chi connectivity index (χ4v) is 2.97. The van der Waals surface area contributed by atoms with Gasteiger partial charge in [0.15, 0.2) is 0 Å². The second-order valence-corrected chi connectivity index (χ2v) is 5.78. The van der Waals surface area contributed by atoms with E-state index in [1.165, 1.54) is 17.7 Å². The molecule has 0 saturated heterocycles. The van der Waals surface area contributed by atoms with Crippen LogP contribution in [0.1, 0.15) is 6.92 Å². The molecule has 3 aromatic rings. The molecule has 0 aliphatic rings. The van der Waals surface area contributed by atoms with Gasteiger partial charge in [0.2, 0.25) is 0 Å². The zero-order chi connectivity index (χ0) is 16.9. The van der Waals surface area contributed by atoms with E-state index in [2.05, 4.69) is 25.6 Å². The van der Waals surface area contributed by atoms with Crippen LogP contribution < -0.4 is 16.4 Å². The number of nitrogens with zero attached hydrogens (tertiary/aromatic N) is 3. The van der Waals surface area contributed by atoms with Gasteiger partial charge in [-0.1, -0.05) is 12.1 Å². The third kappa shape index (κ3) is 3.49. The molecule has 0 radical (unpaired) electrons. The first-order valence-corrected chi connectivity index (χ1v) is 8.22. The van der Waals surface area contributed by atoms with E-state index in [-0.39, 0.29) is 6.03 Å². The lowest BCUT2D eigenvalue weighted by Gasteiger charge is -2.06. The topological polar surface area (TPSA) is 106 Å². The number of anilines is 2. The van der Waals surface area contributed by atoms with E-state index in [4.69, 9.17) is 5.73 Å². The molecule has 0 aliphatic carbocycles. The Morgan fingerprint density at radius 3 is 3.04 bits per heavy atom. The van der Waals surface area contributed by atoms with Crippen LogP contribution in [0.15, 0.2) is 42.2 Å². The predicted octanol–water partition coefficient (Wildman–Crippen LogP) is 2.99. The van der Waals surface area contributed by atoms with Crippen molar-refractivity contribution in [2.45, 2.75) is 6.92 Å². The van der Waals surface area contributed by atoms with E-state index in [1.807, 2.05) is 36.6 Å². The fourth-order valence-electron chi connectivity index (χ4n) is 2.13. The molecule has 4 N–H and O–H groups in total. The molecule has 8 heteroatoms. The van der Waals surface area contributed by atoms with Gasteiger partial charge < -0.3 is 16.4 Å². The number of carbonyl (C=O) groups is 1. The number of nitrogens with one attached hydrogen (secondary N) is 2. The number of aromatic nitrogens is 3. The van der Waals surface area contributed by atoms with Gasteiger partial charge in [-0.15, -0.1) is 11.3 Å². The third-order valence-corrected chi connectivity index (χ3v) is 4.11. The largest absolute Gasteiger partial charge is 0.383 e. The maximum atomic E-state index is 11.6. The quantitative estimate of drug-likeness (QED) is 0.677. The highest BCUT2D eigenvalue weighted by Gasteiger charge is 2.11. The second kappa shape index (κ2) is 7.05. The Labute approximate surface area is 143 Å². The summed E-state index contributed by atoms with van der Waals surface area (Å²) in [5.41, 5.74) is 8.99.